The van der Waals surface area contributed by atoms with Gasteiger partial charge in [-0.1, -0.05) is 54.0 Å². The highest BCUT2D eigenvalue weighted by molar-refractivity contribution is 9.11. The number of hydrogen-bond donors (Lipinski definition) is 0. The minimum absolute atomic E-state index is 0.284. The predicted octanol–water partition coefficient (Wildman–Crippen LogP) is 6.12. The highest BCUT2D eigenvalue weighted by Gasteiger charge is 2.12. The van der Waals surface area contributed by atoms with Crippen LogP contribution in [0.15, 0.2) is 39.5 Å². The summed E-state index contributed by atoms with van der Waals surface area (Å²) in [5.74, 6) is 0.591. The lowest BCUT2D eigenvalue weighted by molar-refractivity contribution is 0.865. The Hall–Kier alpha value is -0.120. The van der Waals surface area contributed by atoms with E-state index < -0.39 is 0 Å². The van der Waals surface area contributed by atoms with Gasteiger partial charge in [-0.3, -0.25) is 0 Å². The number of rotatable bonds is 3. The van der Waals surface area contributed by atoms with E-state index in [1.807, 2.05) is 0 Å². The summed E-state index contributed by atoms with van der Waals surface area (Å²) in [6.07, 6.45) is 0. The topological polar surface area (TPSA) is 0 Å². The summed E-state index contributed by atoms with van der Waals surface area (Å²) in [5.41, 5.74) is 4.00. The van der Waals surface area contributed by atoms with Crippen molar-refractivity contribution in [2.75, 3.05) is 0 Å². The molecule has 1 heterocycles. The standard InChI is InChI=1S/C14H14Br2S/c1-9(2)10-3-5-11(6-4-10)14(16)12-7-13(15)17-8-12/h3-9,14H,1-2H3. The number of benzene rings is 1. The third-order valence-electron chi connectivity index (χ3n) is 2.78. The quantitative estimate of drug-likeness (QED) is 0.568. The van der Waals surface area contributed by atoms with Gasteiger partial charge in [0.25, 0.3) is 0 Å². The van der Waals surface area contributed by atoms with E-state index in [0.717, 1.165) is 0 Å². The molecule has 1 unspecified atom stereocenters. The highest BCUT2D eigenvalue weighted by atomic mass is 79.9. The zero-order chi connectivity index (χ0) is 12.4. The van der Waals surface area contributed by atoms with Crippen molar-refractivity contribution in [2.45, 2.75) is 24.6 Å². The maximum absolute atomic E-state index is 3.75. The van der Waals surface area contributed by atoms with Crippen LogP contribution >= 0.6 is 43.2 Å². The molecular weight excluding hydrogens is 360 g/mol. The van der Waals surface area contributed by atoms with E-state index in [1.165, 1.54) is 20.5 Å². The Morgan fingerprint density at radius 2 is 1.59 bits per heavy atom. The van der Waals surface area contributed by atoms with E-state index in [9.17, 15) is 0 Å². The Morgan fingerprint density at radius 1 is 1.00 bits per heavy atom. The van der Waals surface area contributed by atoms with Gasteiger partial charge in [0.2, 0.25) is 0 Å². The fourth-order valence-corrected chi connectivity index (χ4v) is 3.64. The second-order valence-corrected chi connectivity index (χ2v) is 7.57. The lowest BCUT2D eigenvalue weighted by Crippen LogP contribution is -1.92. The van der Waals surface area contributed by atoms with Crippen LogP contribution in [0.1, 0.15) is 41.3 Å². The fourth-order valence-electron chi connectivity index (χ4n) is 1.70. The molecule has 17 heavy (non-hydrogen) atoms. The van der Waals surface area contributed by atoms with Crippen molar-refractivity contribution < 1.29 is 0 Å². The Kier molecular flexibility index (Phi) is 4.45. The average Bonchev–Trinajstić information content (AvgIpc) is 2.75. The molecule has 0 N–H and O–H groups in total. The van der Waals surface area contributed by atoms with E-state index in [-0.39, 0.29) is 4.83 Å². The van der Waals surface area contributed by atoms with Gasteiger partial charge in [-0.2, -0.15) is 0 Å². The molecule has 90 valence electrons. The largest absolute Gasteiger partial charge is 0.136 e. The zero-order valence-corrected chi connectivity index (χ0v) is 13.8. The van der Waals surface area contributed by atoms with Crippen LogP contribution in [-0.4, -0.2) is 0 Å². The molecule has 1 atom stereocenters. The van der Waals surface area contributed by atoms with Crippen LogP contribution in [0.3, 0.4) is 0 Å². The maximum Gasteiger partial charge on any atom is 0.0701 e. The minimum Gasteiger partial charge on any atom is -0.136 e. The average molecular weight is 374 g/mol. The Morgan fingerprint density at radius 3 is 2.06 bits per heavy atom. The van der Waals surface area contributed by atoms with Crippen molar-refractivity contribution in [3.63, 3.8) is 0 Å². The Bertz CT molecular complexity index is 485. The van der Waals surface area contributed by atoms with E-state index in [1.54, 1.807) is 11.3 Å². The highest BCUT2D eigenvalue weighted by Crippen LogP contribution is 2.35. The second-order valence-electron chi connectivity index (χ2n) is 4.37. The first-order valence-corrected chi connectivity index (χ1v) is 8.14. The summed E-state index contributed by atoms with van der Waals surface area (Å²) in [6.45, 7) is 4.44. The number of alkyl halides is 1. The lowest BCUT2D eigenvalue weighted by Gasteiger charge is -2.11. The first kappa shape index (κ1) is 13.3. The van der Waals surface area contributed by atoms with Crippen LogP contribution < -0.4 is 0 Å². The van der Waals surface area contributed by atoms with Crippen LogP contribution in [0.25, 0.3) is 0 Å². The molecule has 0 nitrogen and oxygen atoms in total. The first-order chi connectivity index (χ1) is 8.08. The summed E-state index contributed by atoms with van der Waals surface area (Å²) in [7, 11) is 0. The zero-order valence-electron chi connectivity index (χ0n) is 9.78. The van der Waals surface area contributed by atoms with Gasteiger partial charge < -0.3 is 0 Å². The van der Waals surface area contributed by atoms with Gasteiger partial charge >= 0.3 is 0 Å². The molecule has 0 saturated carbocycles. The smallest absolute Gasteiger partial charge is 0.0701 e. The summed E-state index contributed by atoms with van der Waals surface area (Å²) < 4.78 is 1.18. The lowest BCUT2D eigenvalue weighted by atomic mass is 10.00. The van der Waals surface area contributed by atoms with Gasteiger partial charge in [0.1, 0.15) is 0 Å². The summed E-state index contributed by atoms with van der Waals surface area (Å²) in [4.78, 5) is 0.284. The number of halogens is 2. The molecule has 0 saturated heterocycles. The molecule has 0 fully saturated rings. The van der Waals surface area contributed by atoms with Gasteiger partial charge in [0.05, 0.1) is 8.61 Å². The fraction of sp³-hybridized carbons (Fsp3) is 0.286. The first-order valence-electron chi connectivity index (χ1n) is 5.56. The normalized spacial score (nSPS) is 13.0. The molecule has 0 bridgehead atoms. The molecule has 2 aromatic rings. The van der Waals surface area contributed by atoms with Crippen LogP contribution in [0.5, 0.6) is 0 Å². The predicted molar refractivity (Wildman–Crippen MR) is 83.3 cm³/mol. The molecule has 0 amide bonds. The van der Waals surface area contributed by atoms with E-state index in [4.69, 9.17) is 0 Å². The van der Waals surface area contributed by atoms with Crippen molar-refractivity contribution in [3.8, 4) is 0 Å². The van der Waals surface area contributed by atoms with Crippen molar-refractivity contribution in [1.82, 2.24) is 0 Å². The second kappa shape index (κ2) is 5.68. The molecule has 1 aromatic carbocycles. The van der Waals surface area contributed by atoms with Crippen LogP contribution in [-0.2, 0) is 0 Å². The minimum atomic E-state index is 0.284. The molecule has 3 heteroatoms. The van der Waals surface area contributed by atoms with Gasteiger partial charge in [0, 0.05) is 0 Å². The SMILES string of the molecule is CC(C)c1ccc(C(Br)c2csc(Br)c2)cc1. The molecule has 0 radical (unpaired) electrons. The third-order valence-corrected chi connectivity index (χ3v) is 5.36. The Balaban J connectivity index is 2.22. The van der Waals surface area contributed by atoms with Crippen molar-refractivity contribution in [1.29, 1.82) is 0 Å². The van der Waals surface area contributed by atoms with Crippen molar-refractivity contribution in [2.24, 2.45) is 0 Å². The van der Waals surface area contributed by atoms with Gasteiger partial charge in [0.15, 0.2) is 0 Å². The molecule has 0 aliphatic heterocycles. The van der Waals surface area contributed by atoms with E-state index in [2.05, 4.69) is 81.4 Å². The molecule has 1 aromatic heterocycles. The maximum atomic E-state index is 3.75. The number of hydrogen-bond acceptors (Lipinski definition) is 1. The van der Waals surface area contributed by atoms with Gasteiger partial charge in [-0.15, -0.1) is 11.3 Å². The number of thiophene rings is 1. The van der Waals surface area contributed by atoms with Crippen LogP contribution in [0.2, 0.25) is 0 Å². The molecule has 2 rings (SSSR count). The van der Waals surface area contributed by atoms with Crippen LogP contribution in [0.4, 0.5) is 0 Å². The van der Waals surface area contributed by atoms with Crippen LogP contribution in [0, 0.1) is 0 Å². The summed E-state index contributed by atoms with van der Waals surface area (Å²) in [6, 6.07) is 11.0. The monoisotopic (exact) mass is 372 g/mol. The summed E-state index contributed by atoms with van der Waals surface area (Å²) in [5, 5.41) is 2.18. The van der Waals surface area contributed by atoms with Gasteiger partial charge in [-0.05, 0) is 50.0 Å². The molecule has 0 spiro atoms. The summed E-state index contributed by atoms with van der Waals surface area (Å²) >= 11 is 8.98. The molecule has 0 aliphatic rings. The third kappa shape index (κ3) is 3.21. The molecule has 0 aliphatic carbocycles. The Labute approximate surface area is 123 Å². The van der Waals surface area contributed by atoms with Crippen molar-refractivity contribution in [3.05, 3.63) is 56.2 Å². The van der Waals surface area contributed by atoms with Gasteiger partial charge in [-0.25, -0.2) is 0 Å². The van der Waals surface area contributed by atoms with Crippen molar-refractivity contribution >= 4 is 43.2 Å². The van der Waals surface area contributed by atoms with E-state index in [0.29, 0.717) is 5.92 Å². The van der Waals surface area contributed by atoms with E-state index >= 15 is 0 Å². The molecular formula is C14H14Br2S.